The summed E-state index contributed by atoms with van der Waals surface area (Å²) in [7, 11) is 0. The van der Waals surface area contributed by atoms with Gasteiger partial charge in [-0.1, -0.05) is 17.3 Å². The lowest BCUT2D eigenvalue weighted by atomic mass is 10.1. The van der Waals surface area contributed by atoms with Crippen LogP contribution in [-0.2, 0) is 6.54 Å². The van der Waals surface area contributed by atoms with Crippen LogP contribution >= 0.6 is 0 Å². The van der Waals surface area contributed by atoms with E-state index in [1.807, 2.05) is 0 Å². The van der Waals surface area contributed by atoms with Crippen LogP contribution < -0.4 is 5.32 Å². The number of nitrogens with one attached hydrogen (secondary N) is 1. The summed E-state index contributed by atoms with van der Waals surface area (Å²) in [6.07, 6.45) is 0. The third-order valence-electron chi connectivity index (χ3n) is 2.28. The molecule has 0 saturated heterocycles. The molecule has 1 aromatic rings. The zero-order chi connectivity index (χ0) is 12.7. The number of hydrogen-bond donors (Lipinski definition) is 3. The van der Waals surface area contributed by atoms with Crippen molar-refractivity contribution < 1.29 is 15.0 Å². The lowest BCUT2D eigenvalue weighted by Gasteiger charge is -2.12. The quantitative estimate of drug-likeness (QED) is 0.604. The Morgan fingerprint density at radius 3 is 2.82 bits per heavy atom. The van der Waals surface area contributed by atoms with Crippen LogP contribution in [0.4, 0.5) is 0 Å². The molecule has 0 fully saturated rings. The standard InChI is InChI=1S/C11H14N2O4/c14-7-10(6-13-17)12-5-8-2-1-3-9(4-8)11(15)16/h1-4,10,12,14H,5-7H2,(H,15,16). The Morgan fingerprint density at radius 2 is 2.24 bits per heavy atom. The molecule has 0 saturated carbocycles. The number of nitrogens with zero attached hydrogens (tertiary/aromatic N) is 1. The van der Waals surface area contributed by atoms with Gasteiger partial charge in [0.1, 0.15) is 0 Å². The first-order valence-electron chi connectivity index (χ1n) is 5.13. The van der Waals surface area contributed by atoms with E-state index in [9.17, 15) is 9.70 Å². The molecule has 0 spiro atoms. The number of hydrogen-bond acceptors (Lipinski definition) is 5. The summed E-state index contributed by atoms with van der Waals surface area (Å²) in [6.45, 7) is 0.168. The SMILES string of the molecule is O=NCC(CO)NCc1cccc(C(=O)O)c1. The average molecular weight is 238 g/mol. The molecule has 0 aliphatic rings. The summed E-state index contributed by atoms with van der Waals surface area (Å²) in [5.41, 5.74) is 0.979. The van der Waals surface area contributed by atoms with Crippen molar-refractivity contribution in [2.24, 2.45) is 5.18 Å². The Morgan fingerprint density at radius 1 is 1.47 bits per heavy atom. The minimum absolute atomic E-state index is 0.0187. The molecular weight excluding hydrogens is 224 g/mol. The fourth-order valence-electron chi connectivity index (χ4n) is 1.35. The van der Waals surface area contributed by atoms with Crippen LogP contribution in [-0.4, -0.2) is 35.4 Å². The smallest absolute Gasteiger partial charge is 0.335 e. The molecule has 0 amide bonds. The molecule has 6 nitrogen and oxygen atoms in total. The van der Waals surface area contributed by atoms with E-state index in [0.29, 0.717) is 6.54 Å². The fraction of sp³-hybridized carbons (Fsp3) is 0.364. The van der Waals surface area contributed by atoms with E-state index in [1.54, 1.807) is 12.1 Å². The monoisotopic (exact) mass is 238 g/mol. The van der Waals surface area contributed by atoms with Crippen molar-refractivity contribution in [3.8, 4) is 0 Å². The molecule has 1 aromatic carbocycles. The van der Waals surface area contributed by atoms with Gasteiger partial charge in [-0.3, -0.25) is 0 Å². The second kappa shape index (κ2) is 6.72. The van der Waals surface area contributed by atoms with Crippen LogP contribution in [0.3, 0.4) is 0 Å². The van der Waals surface area contributed by atoms with Crippen molar-refractivity contribution >= 4 is 5.97 Å². The van der Waals surface area contributed by atoms with Gasteiger partial charge >= 0.3 is 5.97 Å². The van der Waals surface area contributed by atoms with Gasteiger partial charge in [0.05, 0.1) is 24.8 Å². The third kappa shape index (κ3) is 4.29. The maximum absolute atomic E-state index is 10.7. The lowest BCUT2D eigenvalue weighted by molar-refractivity contribution is 0.0696. The summed E-state index contributed by atoms with van der Waals surface area (Å²) < 4.78 is 0. The first-order chi connectivity index (χ1) is 8.17. The molecule has 0 radical (unpaired) electrons. The molecule has 1 rings (SSSR count). The van der Waals surface area contributed by atoms with Gasteiger partial charge in [0, 0.05) is 6.54 Å². The second-order valence-corrected chi connectivity index (χ2v) is 3.58. The van der Waals surface area contributed by atoms with Crippen molar-refractivity contribution in [1.29, 1.82) is 0 Å². The van der Waals surface area contributed by atoms with Gasteiger partial charge in [-0.2, -0.15) is 4.91 Å². The summed E-state index contributed by atoms with van der Waals surface area (Å²) in [5, 5.41) is 23.3. The number of carboxylic acid groups (broad SMARTS) is 1. The van der Waals surface area contributed by atoms with Crippen molar-refractivity contribution in [2.45, 2.75) is 12.6 Å². The molecule has 3 N–H and O–H groups in total. The molecule has 0 aliphatic carbocycles. The first kappa shape index (κ1) is 13.3. The maximum Gasteiger partial charge on any atom is 0.335 e. The van der Waals surface area contributed by atoms with Crippen LogP contribution in [0.25, 0.3) is 0 Å². The molecule has 1 atom stereocenters. The number of nitroso groups, excluding NO2 is 1. The molecule has 1 unspecified atom stereocenters. The minimum Gasteiger partial charge on any atom is -0.478 e. The Kier molecular flexibility index (Phi) is 5.25. The van der Waals surface area contributed by atoms with Crippen LogP contribution in [0.5, 0.6) is 0 Å². The number of carboxylic acids is 1. The highest BCUT2D eigenvalue weighted by Crippen LogP contribution is 2.05. The zero-order valence-electron chi connectivity index (χ0n) is 9.17. The highest BCUT2D eigenvalue weighted by atomic mass is 16.4. The molecule has 17 heavy (non-hydrogen) atoms. The Labute approximate surface area is 98.3 Å². The molecule has 6 heteroatoms. The van der Waals surface area contributed by atoms with E-state index in [4.69, 9.17) is 10.2 Å². The number of rotatable bonds is 7. The second-order valence-electron chi connectivity index (χ2n) is 3.58. The zero-order valence-corrected chi connectivity index (χ0v) is 9.17. The third-order valence-corrected chi connectivity index (χ3v) is 2.28. The Bertz CT molecular complexity index is 395. The van der Waals surface area contributed by atoms with Crippen LogP contribution in [0.2, 0.25) is 0 Å². The first-order valence-corrected chi connectivity index (χ1v) is 5.13. The van der Waals surface area contributed by atoms with E-state index in [0.717, 1.165) is 5.56 Å². The van der Waals surface area contributed by atoms with Gasteiger partial charge in [0.25, 0.3) is 0 Å². The predicted molar refractivity (Wildman–Crippen MR) is 61.8 cm³/mol. The van der Waals surface area contributed by atoms with E-state index in [1.165, 1.54) is 12.1 Å². The van der Waals surface area contributed by atoms with Crippen molar-refractivity contribution in [3.63, 3.8) is 0 Å². The van der Waals surface area contributed by atoms with Gasteiger partial charge in [0.2, 0.25) is 0 Å². The van der Waals surface area contributed by atoms with Gasteiger partial charge in [-0.25, -0.2) is 4.79 Å². The summed E-state index contributed by atoms with van der Waals surface area (Å²) >= 11 is 0. The van der Waals surface area contributed by atoms with Crippen molar-refractivity contribution in [3.05, 3.63) is 40.3 Å². The molecular formula is C11H14N2O4. The normalized spacial score (nSPS) is 12.1. The molecule has 0 aromatic heterocycles. The predicted octanol–water partition coefficient (Wildman–Crippen LogP) is 0.602. The number of aliphatic hydroxyl groups is 1. The van der Waals surface area contributed by atoms with Crippen molar-refractivity contribution in [2.75, 3.05) is 13.2 Å². The van der Waals surface area contributed by atoms with E-state index >= 15 is 0 Å². The summed E-state index contributed by atoms with van der Waals surface area (Å²) in [5.74, 6) is -0.986. The highest BCUT2D eigenvalue weighted by molar-refractivity contribution is 5.87. The number of aliphatic hydroxyl groups excluding tert-OH is 1. The minimum atomic E-state index is -0.986. The van der Waals surface area contributed by atoms with E-state index in [2.05, 4.69) is 10.5 Å². The van der Waals surface area contributed by atoms with E-state index in [-0.39, 0.29) is 18.7 Å². The van der Waals surface area contributed by atoms with Crippen molar-refractivity contribution in [1.82, 2.24) is 5.32 Å². The van der Waals surface area contributed by atoms with Gasteiger partial charge in [-0.05, 0) is 17.7 Å². The van der Waals surface area contributed by atoms with Crippen LogP contribution in [0.1, 0.15) is 15.9 Å². The number of carbonyl (C=O) groups is 1. The largest absolute Gasteiger partial charge is 0.478 e. The lowest BCUT2D eigenvalue weighted by Crippen LogP contribution is -2.34. The molecule has 92 valence electrons. The topological polar surface area (TPSA) is 99.0 Å². The average Bonchev–Trinajstić information content (AvgIpc) is 2.34. The number of aromatic carboxylic acids is 1. The van der Waals surface area contributed by atoms with Gasteiger partial charge in [-0.15, -0.1) is 0 Å². The highest BCUT2D eigenvalue weighted by Gasteiger charge is 2.07. The van der Waals surface area contributed by atoms with Gasteiger partial charge in [0.15, 0.2) is 0 Å². The van der Waals surface area contributed by atoms with Crippen LogP contribution in [0.15, 0.2) is 29.4 Å². The molecule has 0 heterocycles. The Hall–Kier alpha value is -1.79. The summed E-state index contributed by atoms with van der Waals surface area (Å²) in [6, 6.07) is 6.05. The van der Waals surface area contributed by atoms with Gasteiger partial charge < -0.3 is 15.5 Å². The molecule has 0 bridgehead atoms. The maximum atomic E-state index is 10.7. The number of benzene rings is 1. The molecule has 0 aliphatic heterocycles. The van der Waals surface area contributed by atoms with E-state index < -0.39 is 12.0 Å². The Balaban J connectivity index is 2.59. The van der Waals surface area contributed by atoms with Crippen LogP contribution in [0, 0.1) is 4.91 Å². The summed E-state index contributed by atoms with van der Waals surface area (Å²) in [4.78, 5) is 20.8. The fourth-order valence-corrected chi connectivity index (χ4v) is 1.35.